The number of guanidine groups is 2. The number of H-pyrrole nitrogens is 2. The van der Waals surface area contributed by atoms with Crippen LogP contribution in [0.5, 0.6) is 5.75 Å². The van der Waals surface area contributed by atoms with Crippen LogP contribution < -0.4 is 115 Å². The van der Waals surface area contributed by atoms with Gasteiger partial charge in [0.25, 0.3) is 11.1 Å². The third-order valence-corrected chi connectivity index (χ3v) is 26.5. The Kier molecular flexibility index (Phi) is 33.6. The minimum Gasteiger partial charge on any atom is -0.508 e. The van der Waals surface area contributed by atoms with Crippen LogP contribution in [-0.4, -0.2) is 303 Å². The van der Waals surface area contributed by atoms with Gasteiger partial charge in [-0.3, -0.25) is 92.7 Å². The number of aromatic hydroxyl groups is 1. The van der Waals surface area contributed by atoms with E-state index in [0.29, 0.717) is 39.6 Å². The van der Waals surface area contributed by atoms with E-state index >= 15 is 19.2 Å². The van der Waals surface area contributed by atoms with Crippen molar-refractivity contribution in [1.29, 1.82) is 10.8 Å². The number of phenolic OH excluding ortho intramolecular Hbond substituents is 1. The van der Waals surface area contributed by atoms with Crippen LogP contribution in [0.15, 0.2) is 174 Å². The third kappa shape index (κ3) is 26.5. The summed E-state index contributed by atoms with van der Waals surface area (Å²) in [6, 6.07) is 31.3. The molecule has 4 saturated heterocycles. The zero-order valence-electron chi connectivity index (χ0n) is 80.1. The molecule has 7 aromatic carbocycles. The SMILES string of the molecule is N=C(N)N[C@H]1CN[C@@H](C(=O)N2C[C@H](N)C[C@@H]2C(=O)N[C@@H](Cc2cccc3ccccc23)C(=O)NCCCC[C@H](NC(=O)[C@H](Cc2cccc3ccccc23)NC(=O)[C@H]2C[C@@H](N)CN2C(=O)[C@H]2C[C@@H](NC(=N)N)CN2)C(=O)NCCN(CC(=O)NCCN(CC(=O)N[C@@H](Cc2cccc3ccccc23)C(=O)N[C@@H](Cc2ccc(O)cc2)C(N)=O)C(=O)Cn2cnc3c(=O)[nH]c(N)nc32)C(=O)Cn2cnc3c(=O)[nH]c(N)nc32)C1. The molecule has 147 heavy (non-hydrogen) atoms. The molecule has 8 heterocycles. The molecule has 0 aliphatic carbocycles. The number of aromatic nitrogens is 8. The Balaban J connectivity index is 0.689. The van der Waals surface area contributed by atoms with E-state index in [9.17, 15) is 57.8 Å². The number of hydrogen-bond donors (Lipinski definition) is 24. The largest absolute Gasteiger partial charge is 0.508 e. The lowest BCUT2D eigenvalue weighted by Gasteiger charge is -2.29. The molecule has 13 amide bonds. The minimum absolute atomic E-state index is 0.0115. The molecule has 0 radical (unpaired) electrons. The van der Waals surface area contributed by atoms with E-state index in [2.05, 4.69) is 93.7 Å². The van der Waals surface area contributed by atoms with Gasteiger partial charge >= 0.3 is 0 Å². The molecule has 0 spiro atoms. The van der Waals surface area contributed by atoms with Crippen molar-refractivity contribution in [2.24, 2.45) is 28.7 Å². The van der Waals surface area contributed by atoms with Crippen molar-refractivity contribution in [3.05, 3.63) is 207 Å². The number of carbonyl (C=O) groups excluding carboxylic acids is 13. The molecule has 13 atom stereocenters. The summed E-state index contributed by atoms with van der Waals surface area (Å²) < 4.78 is 2.39. The van der Waals surface area contributed by atoms with Gasteiger partial charge in [0, 0.05) is 109 Å². The number of nitrogens with zero attached hydrogens (tertiary/aromatic N) is 10. The lowest BCUT2D eigenvalue weighted by molar-refractivity contribution is -0.141. The smallest absolute Gasteiger partial charge is 0.280 e. The number of nitrogens with one attached hydrogen (secondary N) is 16. The maximum Gasteiger partial charge on any atom is 0.280 e. The fourth-order valence-corrected chi connectivity index (χ4v) is 19.2. The lowest BCUT2D eigenvalue weighted by Crippen LogP contribution is -2.58. The molecule has 4 fully saturated rings. The van der Waals surface area contributed by atoms with Crippen LogP contribution >= 0.6 is 0 Å². The molecule has 49 nitrogen and oxygen atoms in total. The first-order valence-electron chi connectivity index (χ1n) is 48.2. The van der Waals surface area contributed by atoms with Crippen LogP contribution in [0.4, 0.5) is 11.9 Å². The number of rotatable bonds is 43. The Morgan fingerprint density at radius 1 is 0.456 bits per heavy atom. The molecular formula is C98H119N33O16. The molecule has 31 N–H and O–H groups in total. The molecule has 0 saturated carbocycles. The van der Waals surface area contributed by atoms with Crippen molar-refractivity contribution in [1.82, 2.24) is 122 Å². The number of phenols is 1. The standard InChI is InChI=1S/C98H119N33O16/c99-59-38-74(130(44-59)93(146)72-40-61(42-111-72)115-95(102)103)89(142)120-69(35-56-18-9-15-53-12-1-4-21-64(53)56)86(139)109-29-8-7-24-67(118-88(141)71(37-58-20-11-17-55-14-3-6-23-66(55)58)121-90(143)75-39-60(100)45-131(75)94(147)73-41-62(43-112-73)116-96(104)105)85(138)110-31-33-126(78(135)48-128-50-113-80-83(128)122-97(106)124-91(80)144)46-76(133)108-30-32-127(79(136)49-129-51-114-81-84(129)123-98(107)125-92(81)145)47-77(134)117-70(36-57-19-10-16-54-13-2-5-22-65(54)57)87(140)119-68(82(101)137)34-52-25-27-63(132)28-26-52/h1-6,9-23,25-28,50-51,59-62,67-75,111-112,132H,7-8,24,29-49,99-100H2,(H2,101,137)(H,108,133)(H,109,139)(H,110,138)(H,117,134)(H,118,141)(H,119,140)(H,120,142)(H,121,143)(H4,102,103,115)(H4,104,105,116)(H3,106,122,124,144)(H3,107,123,125,145)/t59-,60-,61-,62-,67+,68+,69+,70+,71+,72-,73-,74-,75-/m1/s1. The van der Waals surface area contributed by atoms with Crippen LogP contribution in [0.2, 0.25) is 0 Å². The molecule has 4 aliphatic heterocycles. The number of fused-ring (bicyclic) bond motifs is 5. The Morgan fingerprint density at radius 3 is 1.32 bits per heavy atom. The number of amides is 13. The van der Waals surface area contributed by atoms with Crippen molar-refractivity contribution >= 4 is 155 Å². The molecule has 772 valence electrons. The second-order valence-corrected chi connectivity index (χ2v) is 37.1. The fraction of sp³-hybridized carbons (Fsp3) is 0.378. The van der Waals surface area contributed by atoms with Crippen LogP contribution in [-0.2, 0) is 101 Å². The van der Waals surface area contributed by atoms with Gasteiger partial charge < -0.3 is 138 Å². The Hall–Kier alpha value is -17.1. The topological polar surface area (TPSA) is 756 Å². The van der Waals surface area contributed by atoms with Crippen molar-refractivity contribution in [2.45, 2.75) is 162 Å². The molecule has 15 rings (SSSR count). The number of benzene rings is 7. The summed E-state index contributed by atoms with van der Waals surface area (Å²) in [5, 5.41) is 64.8. The summed E-state index contributed by atoms with van der Waals surface area (Å²) in [6.07, 6.45) is 2.29. The Bertz CT molecular complexity index is 6940. The lowest BCUT2D eigenvalue weighted by atomic mass is 9.97. The van der Waals surface area contributed by atoms with Gasteiger partial charge in [-0.1, -0.05) is 140 Å². The number of primary amides is 1. The zero-order valence-corrected chi connectivity index (χ0v) is 80.1. The Labute approximate surface area is 839 Å². The van der Waals surface area contributed by atoms with E-state index in [0.717, 1.165) is 44.0 Å². The van der Waals surface area contributed by atoms with Gasteiger partial charge in [-0.2, -0.15) is 9.97 Å². The summed E-state index contributed by atoms with van der Waals surface area (Å²) in [4.78, 5) is 244. The Morgan fingerprint density at radius 2 is 0.864 bits per heavy atom. The molecule has 4 aromatic heterocycles. The highest BCUT2D eigenvalue weighted by Crippen LogP contribution is 2.29. The summed E-state index contributed by atoms with van der Waals surface area (Å²) >= 11 is 0. The van der Waals surface area contributed by atoms with Gasteiger partial charge in [0.2, 0.25) is 88.7 Å². The van der Waals surface area contributed by atoms with E-state index < -0.39 is 207 Å². The molecule has 0 bridgehead atoms. The third-order valence-electron chi connectivity index (χ3n) is 26.5. The molecule has 4 aliphatic rings. The molecule has 11 aromatic rings. The average molecular weight is 2020 g/mol. The van der Waals surface area contributed by atoms with Gasteiger partial charge in [-0.05, 0) is 112 Å². The number of imidazole rings is 2. The predicted molar refractivity (Wildman–Crippen MR) is 541 cm³/mol. The molecular weight excluding hydrogens is 1900 g/mol. The second-order valence-electron chi connectivity index (χ2n) is 37.1. The van der Waals surface area contributed by atoms with Crippen molar-refractivity contribution in [3.63, 3.8) is 0 Å². The van der Waals surface area contributed by atoms with Crippen molar-refractivity contribution in [3.8, 4) is 5.75 Å². The monoisotopic (exact) mass is 2010 g/mol. The predicted octanol–water partition coefficient (Wildman–Crippen LogP) is -5.08. The van der Waals surface area contributed by atoms with E-state index in [1.807, 2.05) is 91.0 Å². The number of aromatic amines is 2. The highest BCUT2D eigenvalue weighted by Gasteiger charge is 2.46. The fourth-order valence-electron chi connectivity index (χ4n) is 19.2. The van der Waals surface area contributed by atoms with Crippen LogP contribution in [0.25, 0.3) is 54.6 Å². The number of carbonyl (C=O) groups is 13. The summed E-state index contributed by atoms with van der Waals surface area (Å²) in [5.74, 6) is -11.2. The van der Waals surface area contributed by atoms with E-state index in [-0.39, 0.29) is 161 Å². The van der Waals surface area contributed by atoms with Crippen molar-refractivity contribution < 1.29 is 67.4 Å². The highest BCUT2D eigenvalue weighted by atomic mass is 16.3. The number of unbranched alkanes of at least 4 members (excludes halogenated alkanes) is 1. The normalized spacial score (nSPS) is 18.5. The summed E-state index contributed by atoms with van der Waals surface area (Å²) in [7, 11) is 0. The van der Waals surface area contributed by atoms with E-state index in [4.69, 9.17) is 51.0 Å². The van der Waals surface area contributed by atoms with Gasteiger partial charge in [0.15, 0.2) is 34.2 Å². The number of likely N-dealkylation sites (tertiary alicyclic amines) is 2. The summed E-state index contributed by atoms with van der Waals surface area (Å²) in [5.41, 5.74) is 42.4. The average Bonchev–Trinajstić information content (AvgIpc) is 1.73. The second kappa shape index (κ2) is 47.4. The van der Waals surface area contributed by atoms with Gasteiger partial charge in [-0.15, -0.1) is 0 Å². The van der Waals surface area contributed by atoms with E-state index in [1.54, 1.807) is 36.4 Å². The maximum atomic E-state index is 15.7. The van der Waals surface area contributed by atoms with Gasteiger partial charge in [0.05, 0.1) is 37.8 Å². The van der Waals surface area contributed by atoms with Crippen LogP contribution in [0.3, 0.4) is 0 Å². The van der Waals surface area contributed by atoms with Crippen molar-refractivity contribution in [2.75, 3.05) is 83.5 Å². The minimum atomic E-state index is -1.53. The first-order chi connectivity index (χ1) is 70.6. The quantitative estimate of drug-likeness (QED) is 0.00966. The van der Waals surface area contributed by atoms with Gasteiger partial charge in [0.1, 0.15) is 61.1 Å². The maximum absolute atomic E-state index is 15.7. The highest BCUT2D eigenvalue weighted by molar-refractivity contribution is 6.00. The number of anilines is 2. The van der Waals surface area contributed by atoms with Crippen LogP contribution in [0.1, 0.15) is 67.2 Å². The first kappa shape index (κ1) is 104. The van der Waals surface area contributed by atoms with Crippen LogP contribution in [0, 0.1) is 10.8 Å². The number of hydrogen-bond acceptors (Lipinski definition) is 28. The number of nitrogens with two attached hydrogens (primary N) is 7. The molecule has 0 unspecified atom stereocenters. The number of nitrogen functional groups attached to an aromatic ring is 2. The molecule has 49 heteroatoms. The van der Waals surface area contributed by atoms with E-state index in [1.165, 1.54) is 43.2 Å². The first-order valence-corrected chi connectivity index (χ1v) is 48.2. The summed E-state index contributed by atoms with van der Waals surface area (Å²) in [6.45, 7) is -4.38. The van der Waals surface area contributed by atoms with Gasteiger partial charge in [-0.25, -0.2) is 9.97 Å². The zero-order chi connectivity index (χ0) is 104.